The van der Waals surface area contributed by atoms with Gasteiger partial charge in [0.05, 0.1) is 34.8 Å². The first-order valence-electron chi connectivity index (χ1n) is 11.4. The molecule has 0 saturated carbocycles. The molecule has 4 rings (SSSR count). The number of nitrogens with zero attached hydrogens (tertiary/aromatic N) is 3. The molecule has 9 nitrogen and oxygen atoms in total. The van der Waals surface area contributed by atoms with Gasteiger partial charge >= 0.3 is 6.36 Å². The van der Waals surface area contributed by atoms with Crippen molar-refractivity contribution in [1.82, 2.24) is 4.98 Å². The molecule has 0 fully saturated rings. The maximum Gasteiger partial charge on any atom is 0.573 e. The largest absolute Gasteiger partial charge is 0.573 e. The van der Waals surface area contributed by atoms with Crippen molar-refractivity contribution in [1.29, 1.82) is 5.26 Å². The van der Waals surface area contributed by atoms with Crippen molar-refractivity contribution in [3.05, 3.63) is 80.9 Å². The van der Waals surface area contributed by atoms with E-state index in [4.69, 9.17) is 14.2 Å². The lowest BCUT2D eigenvalue weighted by molar-refractivity contribution is -0.274. The van der Waals surface area contributed by atoms with Crippen LogP contribution in [-0.4, -0.2) is 34.0 Å². The van der Waals surface area contributed by atoms with Crippen LogP contribution in [0.3, 0.4) is 0 Å². The fraction of sp³-hybridized carbons (Fsp3) is 0.154. The number of alkyl halides is 3. The van der Waals surface area contributed by atoms with E-state index >= 15 is 0 Å². The average molecular weight is 717 g/mol. The van der Waals surface area contributed by atoms with Crippen molar-refractivity contribution < 1.29 is 40.5 Å². The molecule has 0 aliphatic rings. The average Bonchev–Trinajstić information content (AvgIpc) is 3.46. The highest BCUT2D eigenvalue weighted by molar-refractivity contribution is 14.1. The van der Waals surface area contributed by atoms with Crippen molar-refractivity contribution in [2.75, 3.05) is 18.5 Å². The summed E-state index contributed by atoms with van der Waals surface area (Å²) in [6, 6.07) is 14.1. The Hall–Kier alpha value is -3.75. The Morgan fingerprint density at radius 1 is 1.00 bits per heavy atom. The summed E-state index contributed by atoms with van der Waals surface area (Å²) in [5, 5.41) is 11.6. The molecule has 1 heterocycles. The molecule has 0 amide bonds. The van der Waals surface area contributed by atoms with Crippen LogP contribution >= 0.6 is 33.9 Å². The molecule has 0 saturated heterocycles. The molecule has 0 atom stereocenters. The van der Waals surface area contributed by atoms with E-state index in [0.717, 1.165) is 33.8 Å². The summed E-state index contributed by atoms with van der Waals surface area (Å²) in [6.45, 7) is -0.131. The molecule has 214 valence electrons. The van der Waals surface area contributed by atoms with E-state index in [1.807, 2.05) is 6.07 Å². The first-order valence-corrected chi connectivity index (χ1v) is 14.8. The third kappa shape index (κ3) is 7.13. The van der Waals surface area contributed by atoms with Crippen molar-refractivity contribution >= 4 is 49.1 Å². The van der Waals surface area contributed by atoms with Crippen LogP contribution in [0.25, 0.3) is 0 Å². The van der Waals surface area contributed by atoms with Crippen LogP contribution in [0.1, 0.15) is 11.1 Å². The number of hydrogen-bond acceptors (Lipinski definition) is 9. The van der Waals surface area contributed by atoms with Crippen LogP contribution in [0.4, 0.5) is 18.3 Å². The lowest BCUT2D eigenvalue weighted by atomic mass is 10.2. The van der Waals surface area contributed by atoms with E-state index in [0.29, 0.717) is 17.1 Å². The van der Waals surface area contributed by atoms with E-state index in [2.05, 4.69) is 9.72 Å². The van der Waals surface area contributed by atoms with Gasteiger partial charge in [-0.25, -0.2) is 17.7 Å². The summed E-state index contributed by atoms with van der Waals surface area (Å²) < 4.78 is 87.0. The molecule has 0 spiro atoms. The van der Waals surface area contributed by atoms with Crippen molar-refractivity contribution in [3.8, 4) is 34.8 Å². The molecular weight excluding hydrogens is 698 g/mol. The van der Waals surface area contributed by atoms with E-state index in [9.17, 15) is 26.9 Å². The summed E-state index contributed by atoms with van der Waals surface area (Å²) in [4.78, 5) is 3.98. The van der Waals surface area contributed by atoms with Crippen LogP contribution in [0.15, 0.2) is 71.1 Å². The van der Waals surface area contributed by atoms with Crippen molar-refractivity contribution in [2.45, 2.75) is 17.8 Å². The van der Waals surface area contributed by atoms with Gasteiger partial charge in [-0.1, -0.05) is 0 Å². The van der Waals surface area contributed by atoms with Crippen LogP contribution < -0.4 is 23.3 Å². The van der Waals surface area contributed by atoms with Crippen molar-refractivity contribution in [2.24, 2.45) is 0 Å². The minimum absolute atomic E-state index is 0.00600. The highest BCUT2D eigenvalue weighted by atomic mass is 127. The van der Waals surface area contributed by atoms with Gasteiger partial charge in [0.1, 0.15) is 34.8 Å². The van der Waals surface area contributed by atoms with Crippen LogP contribution in [0.5, 0.6) is 28.7 Å². The number of thiazole rings is 1. The predicted octanol–water partition coefficient (Wildman–Crippen LogP) is 6.72. The number of methoxy groups -OCH3 is 2. The Morgan fingerprint density at radius 2 is 1.73 bits per heavy atom. The number of halogens is 4. The van der Waals surface area contributed by atoms with E-state index in [1.165, 1.54) is 38.6 Å². The molecule has 15 heteroatoms. The topological polar surface area (TPSA) is 111 Å². The number of ether oxygens (including phenoxy) is 4. The number of rotatable bonds is 10. The van der Waals surface area contributed by atoms with Gasteiger partial charge in [-0.3, -0.25) is 0 Å². The van der Waals surface area contributed by atoms with Gasteiger partial charge in [0.25, 0.3) is 10.0 Å². The Balaban J connectivity index is 1.67. The molecular formula is C26H19F3IN3O6S2. The maximum atomic E-state index is 13.9. The number of nitriles is 1. The molecule has 3 aromatic carbocycles. The van der Waals surface area contributed by atoms with Crippen LogP contribution in [-0.2, 0) is 16.6 Å². The Kier molecular flexibility index (Phi) is 9.14. The van der Waals surface area contributed by atoms with Gasteiger partial charge in [0, 0.05) is 23.2 Å². The molecule has 0 radical (unpaired) electrons. The number of benzene rings is 3. The minimum Gasteiger partial charge on any atom is -0.497 e. The second-order valence-electron chi connectivity index (χ2n) is 8.02. The normalized spacial score (nSPS) is 11.4. The van der Waals surface area contributed by atoms with Gasteiger partial charge < -0.3 is 18.9 Å². The molecule has 41 heavy (non-hydrogen) atoms. The highest BCUT2D eigenvalue weighted by Gasteiger charge is 2.32. The lowest BCUT2D eigenvalue weighted by Gasteiger charge is -2.23. The van der Waals surface area contributed by atoms with E-state index in [1.54, 1.807) is 46.2 Å². The summed E-state index contributed by atoms with van der Waals surface area (Å²) in [5.74, 6) is 0.645. The second kappa shape index (κ2) is 12.4. The molecule has 0 aliphatic carbocycles. The van der Waals surface area contributed by atoms with E-state index < -0.39 is 22.1 Å². The quantitative estimate of drug-likeness (QED) is 0.166. The summed E-state index contributed by atoms with van der Waals surface area (Å²) in [7, 11) is -1.30. The number of sulfonamides is 1. The zero-order valence-corrected chi connectivity index (χ0v) is 25.0. The van der Waals surface area contributed by atoms with Gasteiger partial charge in [0.15, 0.2) is 5.13 Å². The SMILES string of the molecule is COc1ccc(CN(c2nccs2)S(=O)(=O)c2ccc(Oc3ccc(OC(F)(F)F)cc3I)c(C#N)c2)c(OC)c1. The minimum atomic E-state index is -4.86. The molecule has 0 aliphatic heterocycles. The fourth-order valence-corrected chi connectivity index (χ4v) is 6.48. The first-order chi connectivity index (χ1) is 19.4. The zero-order chi connectivity index (χ0) is 29.8. The fourth-order valence-electron chi connectivity index (χ4n) is 3.58. The summed E-state index contributed by atoms with van der Waals surface area (Å²) in [6.07, 6.45) is -3.39. The van der Waals surface area contributed by atoms with Gasteiger partial charge in [0.2, 0.25) is 0 Å². The van der Waals surface area contributed by atoms with Crippen LogP contribution in [0.2, 0.25) is 0 Å². The zero-order valence-electron chi connectivity index (χ0n) is 21.2. The molecule has 0 unspecified atom stereocenters. The standard InChI is InChI=1S/C26H19F3IN3O6S2/c1-36-18-4-3-16(24(13-18)37-2)15-33(25-32-9-10-40-25)41(34,35)20-6-8-22(17(11-20)14-31)38-23-7-5-19(12-21(23)30)39-26(27,28)29/h3-13H,15H2,1-2H3. The third-order valence-electron chi connectivity index (χ3n) is 5.46. The maximum absolute atomic E-state index is 13.9. The molecule has 0 bridgehead atoms. The molecule has 4 aromatic rings. The smallest absolute Gasteiger partial charge is 0.497 e. The summed E-state index contributed by atoms with van der Waals surface area (Å²) in [5.41, 5.74) is 0.429. The number of aromatic nitrogens is 1. The Labute approximate surface area is 250 Å². The lowest BCUT2D eigenvalue weighted by Crippen LogP contribution is -2.30. The number of hydrogen-bond donors (Lipinski definition) is 0. The molecule has 0 N–H and O–H groups in total. The summed E-state index contributed by atoms with van der Waals surface area (Å²) >= 11 is 2.87. The number of anilines is 1. The van der Waals surface area contributed by atoms with Gasteiger partial charge in [-0.15, -0.1) is 24.5 Å². The Morgan fingerprint density at radius 3 is 2.34 bits per heavy atom. The molecule has 1 aromatic heterocycles. The van der Waals surface area contributed by atoms with E-state index in [-0.39, 0.29) is 37.2 Å². The van der Waals surface area contributed by atoms with Crippen LogP contribution in [0, 0.1) is 14.9 Å². The third-order valence-corrected chi connectivity index (χ3v) is 8.94. The van der Waals surface area contributed by atoms with Crippen molar-refractivity contribution in [3.63, 3.8) is 0 Å². The Bertz CT molecular complexity index is 1690. The van der Waals surface area contributed by atoms with Gasteiger partial charge in [-0.2, -0.15) is 5.26 Å². The predicted molar refractivity (Wildman–Crippen MR) is 152 cm³/mol. The monoisotopic (exact) mass is 717 g/mol. The first kappa shape index (κ1) is 30.2. The second-order valence-corrected chi connectivity index (χ2v) is 11.9. The highest BCUT2D eigenvalue weighted by Crippen LogP contribution is 2.36. The van der Waals surface area contributed by atoms with Gasteiger partial charge in [-0.05, 0) is 71.1 Å².